The average Bonchev–Trinajstić information content (AvgIpc) is 2.27. The van der Waals surface area contributed by atoms with Gasteiger partial charge < -0.3 is 5.11 Å². The molecule has 0 bridgehead atoms. The van der Waals surface area contributed by atoms with Crippen molar-refractivity contribution in [1.82, 2.24) is 4.90 Å². The van der Waals surface area contributed by atoms with E-state index >= 15 is 0 Å². The number of rotatable bonds is 5. The number of hydrogen-bond donors (Lipinski definition) is 1. The fraction of sp³-hybridized carbons (Fsp3) is 1.00. The van der Waals surface area contributed by atoms with Gasteiger partial charge in [-0.2, -0.15) is 0 Å². The molecule has 0 radical (unpaired) electrons. The lowest BCUT2D eigenvalue weighted by Gasteiger charge is -2.46. The van der Waals surface area contributed by atoms with Crippen molar-refractivity contribution in [3.8, 4) is 0 Å². The van der Waals surface area contributed by atoms with E-state index in [1.54, 1.807) is 0 Å². The van der Waals surface area contributed by atoms with E-state index in [0.717, 1.165) is 31.2 Å². The summed E-state index contributed by atoms with van der Waals surface area (Å²) in [6, 6.07) is 0. The SMILES string of the molecule is CCCC1CN(CC2(O)CCC(CC)CC2)C1. The van der Waals surface area contributed by atoms with Crippen molar-refractivity contribution >= 4 is 0 Å². The van der Waals surface area contributed by atoms with Gasteiger partial charge in [-0.3, -0.25) is 4.90 Å². The molecule has 2 heteroatoms. The predicted molar refractivity (Wildman–Crippen MR) is 72.0 cm³/mol. The van der Waals surface area contributed by atoms with Crippen LogP contribution in [-0.4, -0.2) is 35.2 Å². The first-order valence-corrected chi connectivity index (χ1v) is 7.60. The van der Waals surface area contributed by atoms with E-state index in [1.807, 2.05) is 0 Å². The summed E-state index contributed by atoms with van der Waals surface area (Å²) in [4.78, 5) is 2.46. The second-order valence-electron chi connectivity index (χ2n) is 6.42. The molecule has 0 aromatic rings. The summed E-state index contributed by atoms with van der Waals surface area (Å²) in [7, 11) is 0. The van der Waals surface area contributed by atoms with Gasteiger partial charge in [0.05, 0.1) is 5.60 Å². The van der Waals surface area contributed by atoms with Gasteiger partial charge in [0.15, 0.2) is 0 Å². The number of aliphatic hydroxyl groups is 1. The maximum Gasteiger partial charge on any atom is 0.0774 e. The van der Waals surface area contributed by atoms with E-state index in [4.69, 9.17) is 0 Å². The number of nitrogens with zero attached hydrogens (tertiary/aromatic N) is 1. The Balaban J connectivity index is 1.69. The van der Waals surface area contributed by atoms with Crippen molar-refractivity contribution in [1.29, 1.82) is 0 Å². The summed E-state index contributed by atoms with van der Waals surface area (Å²) >= 11 is 0. The molecule has 1 saturated heterocycles. The normalized spacial score (nSPS) is 35.8. The van der Waals surface area contributed by atoms with Gasteiger partial charge in [0.25, 0.3) is 0 Å². The molecule has 1 N–H and O–H groups in total. The molecule has 2 aliphatic rings. The summed E-state index contributed by atoms with van der Waals surface area (Å²) in [6.45, 7) is 7.94. The summed E-state index contributed by atoms with van der Waals surface area (Å²) in [5, 5.41) is 10.6. The van der Waals surface area contributed by atoms with Crippen molar-refractivity contribution < 1.29 is 5.11 Å². The Morgan fingerprint density at radius 3 is 2.29 bits per heavy atom. The topological polar surface area (TPSA) is 23.5 Å². The second kappa shape index (κ2) is 5.71. The predicted octanol–water partition coefficient (Wildman–Crippen LogP) is 3.05. The summed E-state index contributed by atoms with van der Waals surface area (Å²) in [5.41, 5.74) is -0.358. The van der Waals surface area contributed by atoms with Crippen LogP contribution in [0.1, 0.15) is 58.8 Å². The molecule has 0 aromatic carbocycles. The molecule has 17 heavy (non-hydrogen) atoms. The third-order valence-corrected chi connectivity index (χ3v) is 4.86. The molecule has 0 aromatic heterocycles. The van der Waals surface area contributed by atoms with Crippen LogP contribution in [0.4, 0.5) is 0 Å². The van der Waals surface area contributed by atoms with Crippen molar-refractivity contribution in [3.63, 3.8) is 0 Å². The summed E-state index contributed by atoms with van der Waals surface area (Å²) < 4.78 is 0. The van der Waals surface area contributed by atoms with Crippen molar-refractivity contribution in [2.24, 2.45) is 11.8 Å². The molecule has 2 nitrogen and oxygen atoms in total. The Labute approximate surface area is 106 Å². The molecule has 0 atom stereocenters. The smallest absolute Gasteiger partial charge is 0.0774 e. The third kappa shape index (κ3) is 3.45. The van der Waals surface area contributed by atoms with Gasteiger partial charge in [-0.25, -0.2) is 0 Å². The molecule has 0 spiro atoms. The monoisotopic (exact) mass is 239 g/mol. The minimum atomic E-state index is -0.358. The van der Waals surface area contributed by atoms with E-state index in [-0.39, 0.29) is 5.60 Å². The highest BCUT2D eigenvalue weighted by atomic mass is 16.3. The van der Waals surface area contributed by atoms with Crippen LogP contribution < -0.4 is 0 Å². The van der Waals surface area contributed by atoms with E-state index in [1.165, 1.54) is 45.2 Å². The van der Waals surface area contributed by atoms with Crippen LogP contribution in [0.15, 0.2) is 0 Å². The highest BCUT2D eigenvalue weighted by Gasteiger charge is 2.37. The molecule has 0 amide bonds. The number of β-amino-alcohol motifs (C(OH)–C–C–N with tert-alkyl or cyclic N) is 1. The van der Waals surface area contributed by atoms with Gasteiger partial charge >= 0.3 is 0 Å². The molecular weight excluding hydrogens is 210 g/mol. The minimum absolute atomic E-state index is 0.358. The second-order valence-corrected chi connectivity index (χ2v) is 6.42. The van der Waals surface area contributed by atoms with Crippen LogP contribution >= 0.6 is 0 Å². The fourth-order valence-corrected chi connectivity index (χ4v) is 3.59. The molecule has 0 unspecified atom stereocenters. The molecule has 2 fully saturated rings. The maximum absolute atomic E-state index is 10.6. The fourth-order valence-electron chi connectivity index (χ4n) is 3.59. The maximum atomic E-state index is 10.6. The van der Waals surface area contributed by atoms with Crippen LogP contribution in [0.2, 0.25) is 0 Å². The molecule has 100 valence electrons. The summed E-state index contributed by atoms with van der Waals surface area (Å²) in [5.74, 6) is 1.79. The zero-order valence-corrected chi connectivity index (χ0v) is 11.6. The molecule has 1 aliphatic carbocycles. The average molecular weight is 239 g/mol. The van der Waals surface area contributed by atoms with Crippen LogP contribution in [0.3, 0.4) is 0 Å². The molecule has 2 rings (SSSR count). The Morgan fingerprint density at radius 1 is 1.12 bits per heavy atom. The zero-order valence-electron chi connectivity index (χ0n) is 11.6. The lowest BCUT2D eigenvalue weighted by Crippen LogP contribution is -2.54. The van der Waals surface area contributed by atoms with Gasteiger partial charge in [0.2, 0.25) is 0 Å². The van der Waals surface area contributed by atoms with Crippen LogP contribution in [0, 0.1) is 11.8 Å². The molecule has 1 saturated carbocycles. The van der Waals surface area contributed by atoms with Crippen LogP contribution in [-0.2, 0) is 0 Å². The Bertz CT molecular complexity index is 227. The third-order valence-electron chi connectivity index (χ3n) is 4.86. The molecular formula is C15H29NO. The van der Waals surface area contributed by atoms with Gasteiger partial charge in [0.1, 0.15) is 0 Å². The minimum Gasteiger partial charge on any atom is -0.389 e. The molecule has 1 heterocycles. The molecule has 1 aliphatic heterocycles. The van der Waals surface area contributed by atoms with E-state index in [2.05, 4.69) is 18.7 Å². The quantitative estimate of drug-likeness (QED) is 0.797. The lowest BCUT2D eigenvalue weighted by molar-refractivity contribution is -0.0619. The standard InChI is InChI=1S/C15H29NO/c1-3-5-14-10-16(11-14)12-15(17)8-6-13(4-2)7-9-15/h13-14,17H,3-12H2,1-2H3. The van der Waals surface area contributed by atoms with E-state index in [9.17, 15) is 5.11 Å². The lowest BCUT2D eigenvalue weighted by atomic mass is 9.77. The largest absolute Gasteiger partial charge is 0.389 e. The Hall–Kier alpha value is -0.0800. The number of hydrogen-bond acceptors (Lipinski definition) is 2. The number of likely N-dealkylation sites (tertiary alicyclic amines) is 1. The van der Waals surface area contributed by atoms with E-state index < -0.39 is 0 Å². The van der Waals surface area contributed by atoms with Gasteiger partial charge in [-0.05, 0) is 43.9 Å². The van der Waals surface area contributed by atoms with Crippen molar-refractivity contribution in [2.75, 3.05) is 19.6 Å². The van der Waals surface area contributed by atoms with Crippen molar-refractivity contribution in [2.45, 2.75) is 64.4 Å². The Kier molecular flexibility index (Phi) is 4.48. The Morgan fingerprint density at radius 2 is 1.76 bits per heavy atom. The van der Waals surface area contributed by atoms with Crippen LogP contribution in [0.5, 0.6) is 0 Å². The van der Waals surface area contributed by atoms with Crippen LogP contribution in [0.25, 0.3) is 0 Å². The van der Waals surface area contributed by atoms with Crippen molar-refractivity contribution in [3.05, 3.63) is 0 Å². The zero-order chi connectivity index (χ0) is 12.3. The highest BCUT2D eigenvalue weighted by molar-refractivity contribution is 4.91. The van der Waals surface area contributed by atoms with Gasteiger partial charge in [-0.1, -0.05) is 26.7 Å². The van der Waals surface area contributed by atoms with E-state index in [0.29, 0.717) is 0 Å². The van der Waals surface area contributed by atoms with Gasteiger partial charge in [0, 0.05) is 19.6 Å². The summed E-state index contributed by atoms with van der Waals surface area (Å²) in [6.07, 6.45) is 8.49. The highest BCUT2D eigenvalue weighted by Crippen LogP contribution is 2.35. The van der Waals surface area contributed by atoms with Gasteiger partial charge in [-0.15, -0.1) is 0 Å². The first-order chi connectivity index (χ1) is 8.15. The first kappa shape index (κ1) is 13.4. The first-order valence-electron chi connectivity index (χ1n) is 7.60.